The molecule has 1 N–H and O–H groups in total. The van der Waals surface area contributed by atoms with Crippen LogP contribution in [0, 0.1) is 0 Å². The van der Waals surface area contributed by atoms with Gasteiger partial charge in [-0.05, 0) is 35.9 Å². The molecule has 1 atom stereocenters. The number of aliphatic hydroxyl groups excluding tert-OH is 1. The Morgan fingerprint density at radius 3 is 2.56 bits per heavy atom. The Hall–Kier alpha value is -1.38. The second kappa shape index (κ2) is 5.98. The lowest BCUT2D eigenvalue weighted by molar-refractivity contribution is 0.119. The SMILES string of the molecule is CC[C@H](O)CN(C)Cc1ccc2ccccc2c1. The summed E-state index contributed by atoms with van der Waals surface area (Å²) in [6.45, 7) is 3.61. The van der Waals surface area contributed by atoms with Gasteiger partial charge in [0.15, 0.2) is 0 Å². The summed E-state index contributed by atoms with van der Waals surface area (Å²) in [4.78, 5) is 2.16. The number of likely N-dealkylation sites (N-methyl/N-ethyl adjacent to an activating group) is 1. The smallest absolute Gasteiger partial charge is 0.0664 e. The molecule has 2 nitrogen and oxygen atoms in total. The predicted octanol–water partition coefficient (Wildman–Crippen LogP) is 3.04. The van der Waals surface area contributed by atoms with E-state index >= 15 is 0 Å². The van der Waals surface area contributed by atoms with Gasteiger partial charge in [0, 0.05) is 13.1 Å². The van der Waals surface area contributed by atoms with Gasteiger partial charge in [-0.1, -0.05) is 43.3 Å². The Kier molecular flexibility index (Phi) is 4.34. The minimum Gasteiger partial charge on any atom is -0.392 e. The van der Waals surface area contributed by atoms with Crippen LogP contribution in [-0.4, -0.2) is 29.7 Å². The van der Waals surface area contributed by atoms with Gasteiger partial charge in [0.25, 0.3) is 0 Å². The van der Waals surface area contributed by atoms with Crippen LogP contribution in [0.3, 0.4) is 0 Å². The van der Waals surface area contributed by atoms with Crippen molar-refractivity contribution in [1.29, 1.82) is 0 Å². The molecule has 0 radical (unpaired) electrons. The Balaban J connectivity index is 2.07. The van der Waals surface area contributed by atoms with E-state index in [1.807, 2.05) is 14.0 Å². The molecule has 0 heterocycles. The number of rotatable bonds is 5. The third kappa shape index (κ3) is 3.31. The molecule has 0 unspecified atom stereocenters. The highest BCUT2D eigenvalue weighted by Crippen LogP contribution is 2.16. The van der Waals surface area contributed by atoms with Crippen molar-refractivity contribution in [1.82, 2.24) is 4.90 Å². The molecule has 0 amide bonds. The maximum absolute atomic E-state index is 9.64. The van der Waals surface area contributed by atoms with Crippen LogP contribution < -0.4 is 0 Å². The zero-order valence-electron chi connectivity index (χ0n) is 11.1. The fraction of sp³-hybridized carbons (Fsp3) is 0.375. The highest BCUT2D eigenvalue weighted by atomic mass is 16.3. The molecule has 0 aliphatic heterocycles. The van der Waals surface area contributed by atoms with Gasteiger partial charge in [0.2, 0.25) is 0 Å². The van der Waals surface area contributed by atoms with Gasteiger partial charge in [-0.15, -0.1) is 0 Å². The van der Waals surface area contributed by atoms with Crippen molar-refractivity contribution < 1.29 is 5.11 Å². The van der Waals surface area contributed by atoms with E-state index in [4.69, 9.17) is 0 Å². The van der Waals surface area contributed by atoms with Gasteiger partial charge in [-0.2, -0.15) is 0 Å². The zero-order chi connectivity index (χ0) is 13.0. The van der Waals surface area contributed by atoms with Crippen LogP contribution in [-0.2, 0) is 6.54 Å². The molecule has 96 valence electrons. The van der Waals surface area contributed by atoms with E-state index in [2.05, 4.69) is 47.4 Å². The Morgan fingerprint density at radius 1 is 1.11 bits per heavy atom. The number of aliphatic hydroxyl groups is 1. The monoisotopic (exact) mass is 243 g/mol. The summed E-state index contributed by atoms with van der Waals surface area (Å²) in [6.07, 6.45) is 0.581. The van der Waals surface area contributed by atoms with Gasteiger partial charge in [0.05, 0.1) is 6.10 Å². The maximum Gasteiger partial charge on any atom is 0.0664 e. The molecule has 0 bridgehead atoms. The number of hydrogen-bond acceptors (Lipinski definition) is 2. The second-order valence-corrected chi connectivity index (χ2v) is 4.94. The van der Waals surface area contributed by atoms with Crippen molar-refractivity contribution in [2.24, 2.45) is 0 Å². The lowest BCUT2D eigenvalue weighted by Gasteiger charge is -2.19. The van der Waals surface area contributed by atoms with E-state index in [-0.39, 0.29) is 6.10 Å². The van der Waals surface area contributed by atoms with Crippen LogP contribution in [0.25, 0.3) is 10.8 Å². The first-order chi connectivity index (χ1) is 8.69. The quantitative estimate of drug-likeness (QED) is 0.872. The summed E-state index contributed by atoms with van der Waals surface area (Å²) in [7, 11) is 2.05. The van der Waals surface area contributed by atoms with Crippen molar-refractivity contribution in [2.45, 2.75) is 26.0 Å². The predicted molar refractivity (Wildman–Crippen MR) is 76.6 cm³/mol. The summed E-state index contributed by atoms with van der Waals surface area (Å²) in [5, 5.41) is 12.2. The van der Waals surface area contributed by atoms with E-state index in [0.717, 1.165) is 19.5 Å². The molecule has 18 heavy (non-hydrogen) atoms. The Bertz CT molecular complexity index is 509. The van der Waals surface area contributed by atoms with Crippen LogP contribution in [0.5, 0.6) is 0 Å². The van der Waals surface area contributed by atoms with Crippen molar-refractivity contribution in [3.63, 3.8) is 0 Å². The van der Waals surface area contributed by atoms with Gasteiger partial charge in [-0.3, -0.25) is 4.90 Å². The molecule has 2 rings (SSSR count). The highest BCUT2D eigenvalue weighted by Gasteiger charge is 2.06. The van der Waals surface area contributed by atoms with E-state index in [1.54, 1.807) is 0 Å². The summed E-state index contributed by atoms with van der Waals surface area (Å²) in [6, 6.07) is 14.9. The minimum atomic E-state index is -0.226. The largest absolute Gasteiger partial charge is 0.392 e. The lowest BCUT2D eigenvalue weighted by Crippen LogP contribution is -2.28. The molecular weight excluding hydrogens is 222 g/mol. The Labute approximate surface area is 109 Å². The van der Waals surface area contributed by atoms with E-state index < -0.39 is 0 Å². The first-order valence-electron chi connectivity index (χ1n) is 6.53. The molecule has 2 aromatic carbocycles. The molecule has 2 heteroatoms. The van der Waals surface area contributed by atoms with Crippen LogP contribution >= 0.6 is 0 Å². The fourth-order valence-corrected chi connectivity index (χ4v) is 2.20. The third-order valence-electron chi connectivity index (χ3n) is 3.26. The standard InChI is InChI=1S/C16H21NO/c1-3-16(18)12-17(2)11-13-8-9-14-6-4-5-7-15(14)10-13/h4-10,16,18H,3,11-12H2,1-2H3/t16-/m0/s1. The minimum absolute atomic E-state index is 0.226. The van der Waals surface area contributed by atoms with E-state index in [9.17, 15) is 5.11 Å². The second-order valence-electron chi connectivity index (χ2n) is 4.94. The first-order valence-corrected chi connectivity index (χ1v) is 6.53. The van der Waals surface area contributed by atoms with Gasteiger partial charge >= 0.3 is 0 Å². The van der Waals surface area contributed by atoms with Gasteiger partial charge in [-0.25, -0.2) is 0 Å². The average molecular weight is 243 g/mol. The van der Waals surface area contributed by atoms with Crippen molar-refractivity contribution >= 4 is 10.8 Å². The molecule has 0 aromatic heterocycles. The van der Waals surface area contributed by atoms with Crippen molar-refractivity contribution in [2.75, 3.05) is 13.6 Å². The van der Waals surface area contributed by atoms with E-state index in [0.29, 0.717) is 0 Å². The summed E-state index contributed by atoms with van der Waals surface area (Å²) in [5.41, 5.74) is 1.29. The molecule has 0 aliphatic carbocycles. The first kappa shape index (κ1) is 13.1. The fourth-order valence-electron chi connectivity index (χ4n) is 2.20. The van der Waals surface area contributed by atoms with Crippen LogP contribution in [0.4, 0.5) is 0 Å². The lowest BCUT2D eigenvalue weighted by atomic mass is 10.1. The molecular formula is C16H21NO. The van der Waals surface area contributed by atoms with Gasteiger partial charge in [0.1, 0.15) is 0 Å². The van der Waals surface area contributed by atoms with E-state index in [1.165, 1.54) is 16.3 Å². The number of hydrogen-bond donors (Lipinski definition) is 1. The topological polar surface area (TPSA) is 23.5 Å². The maximum atomic E-state index is 9.64. The average Bonchev–Trinajstić information content (AvgIpc) is 2.38. The molecule has 0 saturated carbocycles. The van der Waals surface area contributed by atoms with Crippen LogP contribution in [0.1, 0.15) is 18.9 Å². The number of fused-ring (bicyclic) bond motifs is 1. The zero-order valence-corrected chi connectivity index (χ0v) is 11.1. The summed E-state index contributed by atoms with van der Waals surface area (Å²) in [5.74, 6) is 0. The van der Waals surface area contributed by atoms with Gasteiger partial charge < -0.3 is 5.11 Å². The number of benzene rings is 2. The molecule has 0 fully saturated rings. The van der Waals surface area contributed by atoms with Crippen LogP contribution in [0.15, 0.2) is 42.5 Å². The van der Waals surface area contributed by atoms with Crippen molar-refractivity contribution in [3.05, 3.63) is 48.0 Å². The third-order valence-corrected chi connectivity index (χ3v) is 3.26. The highest BCUT2D eigenvalue weighted by molar-refractivity contribution is 5.82. The van der Waals surface area contributed by atoms with Crippen molar-refractivity contribution in [3.8, 4) is 0 Å². The number of nitrogens with zero attached hydrogens (tertiary/aromatic N) is 1. The van der Waals surface area contributed by atoms with Crippen LogP contribution in [0.2, 0.25) is 0 Å². The normalized spacial score (nSPS) is 13.1. The molecule has 0 spiro atoms. The summed E-state index contributed by atoms with van der Waals surface area (Å²) < 4.78 is 0. The summed E-state index contributed by atoms with van der Waals surface area (Å²) >= 11 is 0. The molecule has 0 aliphatic rings. The molecule has 2 aromatic rings. The Morgan fingerprint density at radius 2 is 1.83 bits per heavy atom. The molecule has 0 saturated heterocycles.